The van der Waals surface area contributed by atoms with E-state index in [9.17, 15) is 4.57 Å². The standard InChI is InChI=1S/C20H21OP/c1-20(2,3)22(21,18-11-5-4-6-12-18)19-14-13-16-9-7-8-10-17(16)15-19/h4-15H,1-3H3. The molecule has 22 heavy (non-hydrogen) atoms. The molecule has 112 valence electrons. The maximum atomic E-state index is 14.1. The molecule has 0 aromatic heterocycles. The maximum absolute atomic E-state index is 14.1. The largest absolute Gasteiger partial charge is 0.313 e. The smallest absolute Gasteiger partial charge is 0.148 e. The Morgan fingerprint density at radius 1 is 0.682 bits per heavy atom. The zero-order valence-electron chi connectivity index (χ0n) is 13.3. The third-order valence-electron chi connectivity index (χ3n) is 4.16. The Kier molecular flexibility index (Phi) is 3.70. The lowest BCUT2D eigenvalue weighted by Crippen LogP contribution is -2.30. The van der Waals surface area contributed by atoms with Gasteiger partial charge in [0.15, 0.2) is 0 Å². The Hall–Kier alpha value is -1.85. The quantitative estimate of drug-likeness (QED) is 0.612. The van der Waals surface area contributed by atoms with Gasteiger partial charge in [0, 0.05) is 15.8 Å². The van der Waals surface area contributed by atoms with Crippen LogP contribution in [-0.4, -0.2) is 5.16 Å². The van der Waals surface area contributed by atoms with E-state index in [0.29, 0.717) is 0 Å². The van der Waals surface area contributed by atoms with Gasteiger partial charge in [0.25, 0.3) is 0 Å². The van der Waals surface area contributed by atoms with E-state index in [1.165, 1.54) is 5.39 Å². The minimum Gasteiger partial charge on any atom is -0.313 e. The average molecular weight is 308 g/mol. The van der Waals surface area contributed by atoms with Crippen molar-refractivity contribution in [1.29, 1.82) is 0 Å². The van der Waals surface area contributed by atoms with Crippen LogP contribution in [0.25, 0.3) is 10.8 Å². The van der Waals surface area contributed by atoms with Gasteiger partial charge in [-0.3, -0.25) is 0 Å². The van der Waals surface area contributed by atoms with Crippen LogP contribution in [0.5, 0.6) is 0 Å². The second kappa shape index (κ2) is 5.41. The van der Waals surface area contributed by atoms with Crippen LogP contribution in [0.2, 0.25) is 0 Å². The predicted molar refractivity (Wildman–Crippen MR) is 97.0 cm³/mol. The number of hydrogen-bond donors (Lipinski definition) is 0. The van der Waals surface area contributed by atoms with Crippen LogP contribution in [0.4, 0.5) is 0 Å². The van der Waals surface area contributed by atoms with E-state index in [4.69, 9.17) is 0 Å². The fourth-order valence-electron chi connectivity index (χ4n) is 2.93. The second-order valence-electron chi connectivity index (χ2n) is 6.65. The lowest BCUT2D eigenvalue weighted by atomic mass is 10.1. The lowest BCUT2D eigenvalue weighted by Gasteiger charge is -2.32. The van der Waals surface area contributed by atoms with Crippen molar-refractivity contribution >= 4 is 28.5 Å². The molecular weight excluding hydrogens is 287 g/mol. The van der Waals surface area contributed by atoms with E-state index in [-0.39, 0.29) is 5.16 Å². The summed E-state index contributed by atoms with van der Waals surface area (Å²) >= 11 is 0. The van der Waals surface area contributed by atoms with Crippen molar-refractivity contribution in [3.8, 4) is 0 Å². The summed E-state index contributed by atoms with van der Waals surface area (Å²) in [6, 6.07) is 24.3. The molecule has 0 heterocycles. The van der Waals surface area contributed by atoms with E-state index >= 15 is 0 Å². The zero-order chi connectivity index (χ0) is 15.8. The van der Waals surface area contributed by atoms with Crippen LogP contribution in [0, 0.1) is 0 Å². The highest BCUT2D eigenvalue weighted by atomic mass is 31.2. The Morgan fingerprint density at radius 3 is 1.91 bits per heavy atom. The van der Waals surface area contributed by atoms with E-state index in [1.807, 2.05) is 48.5 Å². The van der Waals surface area contributed by atoms with Crippen LogP contribution in [0.3, 0.4) is 0 Å². The van der Waals surface area contributed by atoms with Gasteiger partial charge in [-0.25, -0.2) is 0 Å². The summed E-state index contributed by atoms with van der Waals surface area (Å²) in [5, 5.41) is 3.86. The van der Waals surface area contributed by atoms with Crippen molar-refractivity contribution in [2.45, 2.75) is 25.9 Å². The second-order valence-corrected chi connectivity index (χ2v) is 10.2. The molecule has 0 amide bonds. The molecule has 0 aliphatic carbocycles. The maximum Gasteiger partial charge on any atom is 0.148 e. The van der Waals surface area contributed by atoms with Gasteiger partial charge in [-0.15, -0.1) is 0 Å². The van der Waals surface area contributed by atoms with Gasteiger partial charge in [-0.05, 0) is 16.8 Å². The molecule has 0 saturated heterocycles. The molecule has 0 bridgehead atoms. The molecule has 3 aromatic rings. The monoisotopic (exact) mass is 308 g/mol. The molecular formula is C20H21OP. The summed E-state index contributed by atoms with van der Waals surface area (Å²) in [7, 11) is -2.71. The topological polar surface area (TPSA) is 17.1 Å². The Labute approximate surface area is 132 Å². The average Bonchev–Trinajstić information content (AvgIpc) is 2.53. The van der Waals surface area contributed by atoms with Crippen molar-refractivity contribution in [3.05, 3.63) is 72.8 Å². The van der Waals surface area contributed by atoms with Gasteiger partial charge in [0.05, 0.1) is 0 Å². The number of hydrogen-bond acceptors (Lipinski definition) is 1. The van der Waals surface area contributed by atoms with Crippen LogP contribution in [0.1, 0.15) is 20.8 Å². The lowest BCUT2D eigenvalue weighted by molar-refractivity contribution is 0.564. The predicted octanol–water partition coefficient (Wildman–Crippen LogP) is 4.95. The van der Waals surface area contributed by atoms with E-state index in [0.717, 1.165) is 16.0 Å². The van der Waals surface area contributed by atoms with Gasteiger partial charge >= 0.3 is 0 Å². The van der Waals surface area contributed by atoms with Gasteiger partial charge in [0.1, 0.15) is 7.14 Å². The molecule has 2 heteroatoms. The molecule has 0 N–H and O–H groups in total. The van der Waals surface area contributed by atoms with Crippen LogP contribution in [-0.2, 0) is 4.57 Å². The number of fused-ring (bicyclic) bond motifs is 1. The molecule has 0 spiro atoms. The zero-order valence-corrected chi connectivity index (χ0v) is 14.2. The summed E-state index contributed by atoms with van der Waals surface area (Å²) < 4.78 is 14.1. The molecule has 0 aliphatic heterocycles. The van der Waals surface area contributed by atoms with Crippen LogP contribution >= 0.6 is 7.14 Å². The SMILES string of the molecule is CC(C)(C)P(=O)(c1ccccc1)c1ccc2ccccc2c1. The highest BCUT2D eigenvalue weighted by Gasteiger charge is 2.39. The van der Waals surface area contributed by atoms with E-state index < -0.39 is 7.14 Å². The van der Waals surface area contributed by atoms with Crippen molar-refractivity contribution in [2.24, 2.45) is 0 Å². The summed E-state index contributed by atoms with van der Waals surface area (Å²) in [5.74, 6) is 0. The van der Waals surface area contributed by atoms with E-state index in [1.54, 1.807) is 0 Å². The summed E-state index contributed by atoms with van der Waals surface area (Å²) in [5.41, 5.74) is 0. The summed E-state index contributed by atoms with van der Waals surface area (Å²) in [6.07, 6.45) is 0. The molecule has 1 atom stereocenters. The molecule has 0 aliphatic rings. The molecule has 0 saturated carbocycles. The van der Waals surface area contributed by atoms with Crippen molar-refractivity contribution in [1.82, 2.24) is 0 Å². The molecule has 1 unspecified atom stereocenters. The first-order chi connectivity index (χ1) is 10.4. The Bertz CT molecular complexity index is 844. The first-order valence-electron chi connectivity index (χ1n) is 7.58. The summed E-state index contributed by atoms with van der Waals surface area (Å²) in [6.45, 7) is 6.20. The fraction of sp³-hybridized carbons (Fsp3) is 0.200. The van der Waals surface area contributed by atoms with Crippen molar-refractivity contribution in [3.63, 3.8) is 0 Å². The number of rotatable bonds is 2. The first kappa shape index (κ1) is 15.1. The molecule has 1 nitrogen and oxygen atoms in total. The highest BCUT2D eigenvalue weighted by Crippen LogP contribution is 2.55. The van der Waals surface area contributed by atoms with Gasteiger partial charge in [0.2, 0.25) is 0 Å². The minimum absolute atomic E-state index is 0.323. The van der Waals surface area contributed by atoms with Crippen LogP contribution in [0.15, 0.2) is 72.8 Å². The van der Waals surface area contributed by atoms with Crippen molar-refractivity contribution in [2.75, 3.05) is 0 Å². The molecule has 0 fully saturated rings. The molecule has 0 radical (unpaired) electrons. The van der Waals surface area contributed by atoms with Gasteiger partial charge < -0.3 is 4.57 Å². The highest BCUT2D eigenvalue weighted by molar-refractivity contribution is 7.80. The third kappa shape index (κ3) is 2.40. The van der Waals surface area contributed by atoms with Gasteiger partial charge in [-0.1, -0.05) is 87.5 Å². The van der Waals surface area contributed by atoms with E-state index in [2.05, 4.69) is 45.0 Å². The normalized spacial score (nSPS) is 14.7. The molecule has 3 rings (SSSR count). The van der Waals surface area contributed by atoms with Crippen molar-refractivity contribution < 1.29 is 4.57 Å². The van der Waals surface area contributed by atoms with Crippen LogP contribution < -0.4 is 10.6 Å². The Balaban J connectivity index is 2.28. The number of benzene rings is 3. The fourth-order valence-corrected chi connectivity index (χ4v) is 5.98. The summed E-state index contributed by atoms with van der Waals surface area (Å²) in [4.78, 5) is 0. The minimum atomic E-state index is -2.71. The van der Waals surface area contributed by atoms with Gasteiger partial charge in [-0.2, -0.15) is 0 Å². The Morgan fingerprint density at radius 2 is 1.27 bits per heavy atom. The third-order valence-corrected chi connectivity index (χ3v) is 8.08. The molecule has 3 aromatic carbocycles. The first-order valence-corrected chi connectivity index (χ1v) is 9.29.